The zero-order valence-electron chi connectivity index (χ0n) is 18.2. The fourth-order valence-electron chi connectivity index (χ4n) is 3.42. The number of benzene rings is 2. The molecule has 0 radical (unpaired) electrons. The van der Waals surface area contributed by atoms with E-state index in [2.05, 4.69) is 10.1 Å². The maximum absolute atomic E-state index is 13.7. The summed E-state index contributed by atoms with van der Waals surface area (Å²) in [5.41, 5.74) is 2.34. The Balaban J connectivity index is 1.62. The second kappa shape index (κ2) is 10.6. The normalized spacial score (nSPS) is 17.5. The van der Waals surface area contributed by atoms with Crippen molar-refractivity contribution in [3.05, 3.63) is 70.5 Å². The molecule has 0 spiro atoms. The third-order valence-electron chi connectivity index (χ3n) is 4.85. The summed E-state index contributed by atoms with van der Waals surface area (Å²) in [7, 11) is 0. The van der Waals surface area contributed by atoms with Gasteiger partial charge in [-0.3, -0.25) is 4.90 Å². The predicted octanol–water partition coefficient (Wildman–Crippen LogP) is 4.65. The zero-order valence-corrected chi connectivity index (χ0v) is 19.0. The largest absolute Gasteiger partial charge is 0.390 e. The van der Waals surface area contributed by atoms with Crippen molar-refractivity contribution in [2.24, 2.45) is 5.16 Å². The molecule has 0 unspecified atom stereocenters. The molecule has 2 aromatic rings. The van der Waals surface area contributed by atoms with Crippen LogP contribution in [0.3, 0.4) is 0 Å². The Kier molecular flexibility index (Phi) is 8.06. The number of nitrogens with zero attached hydrogens (tertiary/aromatic N) is 2. The summed E-state index contributed by atoms with van der Waals surface area (Å²) in [5, 5.41) is 15.4. The number of hydrogen-bond acceptors (Lipinski definition) is 5. The number of aliphatic hydroxyl groups excluding tert-OH is 1. The van der Waals surface area contributed by atoms with Crippen molar-refractivity contribution in [1.29, 1.82) is 0 Å². The highest BCUT2D eigenvalue weighted by atomic mass is 35.5. The van der Waals surface area contributed by atoms with Gasteiger partial charge in [0.2, 0.25) is 0 Å². The molecule has 0 aromatic heterocycles. The van der Waals surface area contributed by atoms with E-state index in [0.717, 1.165) is 16.8 Å². The lowest BCUT2D eigenvalue weighted by Crippen LogP contribution is -2.40. The lowest BCUT2D eigenvalue weighted by atomic mass is 10.0. The number of ether oxygens (including phenoxy) is 1. The van der Waals surface area contributed by atoms with Crippen molar-refractivity contribution in [1.82, 2.24) is 4.90 Å². The fourth-order valence-corrected chi connectivity index (χ4v) is 3.55. The number of oxime groups is 1. The Morgan fingerprint density at radius 3 is 2.68 bits per heavy atom. The molecule has 0 bridgehead atoms. The van der Waals surface area contributed by atoms with E-state index in [4.69, 9.17) is 21.2 Å². The molecule has 1 aliphatic rings. The maximum atomic E-state index is 13.7. The predicted molar refractivity (Wildman–Crippen MR) is 121 cm³/mol. The molecule has 7 heteroatoms. The van der Waals surface area contributed by atoms with Gasteiger partial charge in [-0.1, -0.05) is 41.0 Å². The highest BCUT2D eigenvalue weighted by Crippen LogP contribution is 2.20. The molecular weight excluding hydrogens is 419 g/mol. The molecule has 2 atom stereocenters. The van der Waals surface area contributed by atoms with Crippen LogP contribution in [0.1, 0.15) is 38.3 Å². The van der Waals surface area contributed by atoms with Crippen LogP contribution in [-0.2, 0) is 16.1 Å². The zero-order chi connectivity index (χ0) is 22.4. The average molecular weight is 449 g/mol. The van der Waals surface area contributed by atoms with Crippen LogP contribution < -0.4 is 0 Å². The summed E-state index contributed by atoms with van der Waals surface area (Å²) < 4.78 is 19.4. The van der Waals surface area contributed by atoms with Crippen LogP contribution in [0.4, 0.5) is 4.39 Å². The van der Waals surface area contributed by atoms with Gasteiger partial charge >= 0.3 is 0 Å². The molecule has 1 N–H and O–H groups in total. The van der Waals surface area contributed by atoms with E-state index in [1.54, 1.807) is 6.07 Å². The quantitative estimate of drug-likeness (QED) is 0.606. The minimum atomic E-state index is -0.675. The third kappa shape index (κ3) is 7.89. The van der Waals surface area contributed by atoms with E-state index in [-0.39, 0.29) is 24.1 Å². The van der Waals surface area contributed by atoms with Crippen LogP contribution in [-0.4, -0.2) is 53.2 Å². The first-order valence-electron chi connectivity index (χ1n) is 10.5. The van der Waals surface area contributed by atoms with Crippen LogP contribution in [0.15, 0.2) is 53.7 Å². The molecule has 3 rings (SSSR count). The van der Waals surface area contributed by atoms with E-state index in [9.17, 15) is 9.50 Å². The number of hydrogen-bond donors (Lipinski definition) is 1. The Labute approximate surface area is 188 Å². The summed E-state index contributed by atoms with van der Waals surface area (Å²) >= 11 is 5.97. The molecule has 0 saturated heterocycles. The molecule has 0 saturated carbocycles. The van der Waals surface area contributed by atoms with Gasteiger partial charge in [0, 0.05) is 31.1 Å². The second-order valence-corrected chi connectivity index (χ2v) is 9.31. The summed E-state index contributed by atoms with van der Waals surface area (Å²) in [6.07, 6.45) is -0.184. The van der Waals surface area contributed by atoms with E-state index in [1.165, 1.54) is 12.1 Å². The molecule has 0 aliphatic carbocycles. The van der Waals surface area contributed by atoms with Crippen LogP contribution in [0, 0.1) is 5.82 Å². The lowest BCUT2D eigenvalue weighted by Gasteiger charge is -2.28. The van der Waals surface area contributed by atoms with Crippen molar-refractivity contribution < 1.29 is 19.1 Å². The summed E-state index contributed by atoms with van der Waals surface area (Å²) in [6.45, 7) is 7.48. The highest BCUT2D eigenvalue weighted by Gasteiger charge is 2.26. The second-order valence-electron chi connectivity index (χ2n) is 8.88. The molecule has 1 heterocycles. The first-order valence-corrected chi connectivity index (χ1v) is 10.8. The topological polar surface area (TPSA) is 54.3 Å². The highest BCUT2D eigenvalue weighted by molar-refractivity contribution is 6.30. The number of rotatable bonds is 9. The molecule has 2 aromatic carbocycles. The van der Waals surface area contributed by atoms with Crippen molar-refractivity contribution in [2.75, 3.05) is 19.7 Å². The van der Waals surface area contributed by atoms with Gasteiger partial charge in [-0.25, -0.2) is 4.39 Å². The number of halogens is 2. The standard InChI is InChI=1S/C24H30ClFN2O3/c1-24(2,3)30-16-21(29)14-28(13-17-5-4-6-20(26)11-17)15-22-12-23(27-31-22)18-7-9-19(25)10-8-18/h4-11,21-22,29H,12-16H2,1-3H3/t21-,22+/m1/s1. The van der Waals surface area contributed by atoms with E-state index in [0.29, 0.717) is 31.1 Å². The SMILES string of the molecule is CC(C)(C)OC[C@H](O)CN(Cc1cccc(F)c1)C[C@@H]1CC(c2ccc(Cl)cc2)=NO1. The third-order valence-corrected chi connectivity index (χ3v) is 5.10. The summed E-state index contributed by atoms with van der Waals surface area (Å²) in [5.74, 6) is -0.278. The average Bonchev–Trinajstić information content (AvgIpc) is 3.15. The summed E-state index contributed by atoms with van der Waals surface area (Å²) in [6, 6.07) is 14.0. The minimum absolute atomic E-state index is 0.157. The Hall–Kier alpha value is -1.99. The monoisotopic (exact) mass is 448 g/mol. The van der Waals surface area contributed by atoms with Crippen LogP contribution >= 0.6 is 11.6 Å². The first kappa shape index (κ1) is 23.7. The Morgan fingerprint density at radius 2 is 2.00 bits per heavy atom. The minimum Gasteiger partial charge on any atom is -0.390 e. The first-order chi connectivity index (χ1) is 14.7. The van der Waals surface area contributed by atoms with Gasteiger partial charge in [0.25, 0.3) is 0 Å². The Morgan fingerprint density at radius 1 is 1.26 bits per heavy atom. The van der Waals surface area contributed by atoms with Crippen LogP contribution in [0.25, 0.3) is 0 Å². The van der Waals surface area contributed by atoms with Crippen molar-refractivity contribution in [3.8, 4) is 0 Å². The summed E-state index contributed by atoms with van der Waals surface area (Å²) in [4.78, 5) is 7.72. The van der Waals surface area contributed by atoms with Gasteiger partial charge in [0.1, 0.15) is 11.9 Å². The molecule has 0 fully saturated rings. The van der Waals surface area contributed by atoms with Gasteiger partial charge in [-0.05, 0) is 56.2 Å². The lowest BCUT2D eigenvalue weighted by molar-refractivity contribution is -0.0600. The molecule has 1 aliphatic heterocycles. The Bertz CT molecular complexity index is 883. The molecule has 31 heavy (non-hydrogen) atoms. The van der Waals surface area contributed by atoms with E-state index >= 15 is 0 Å². The van der Waals surface area contributed by atoms with E-state index < -0.39 is 6.10 Å². The maximum Gasteiger partial charge on any atom is 0.145 e. The smallest absolute Gasteiger partial charge is 0.145 e. The van der Waals surface area contributed by atoms with Crippen molar-refractivity contribution in [2.45, 2.75) is 51.5 Å². The molecule has 5 nitrogen and oxygen atoms in total. The fraction of sp³-hybridized carbons (Fsp3) is 0.458. The van der Waals surface area contributed by atoms with Crippen molar-refractivity contribution >= 4 is 17.3 Å². The van der Waals surface area contributed by atoms with Gasteiger partial charge in [-0.2, -0.15) is 0 Å². The molecule has 0 amide bonds. The van der Waals surface area contributed by atoms with Crippen LogP contribution in [0.2, 0.25) is 5.02 Å². The van der Waals surface area contributed by atoms with Gasteiger partial charge < -0.3 is 14.7 Å². The molecular formula is C24H30ClFN2O3. The van der Waals surface area contributed by atoms with Crippen molar-refractivity contribution in [3.63, 3.8) is 0 Å². The number of aliphatic hydroxyl groups is 1. The van der Waals surface area contributed by atoms with E-state index in [1.807, 2.05) is 51.1 Å². The van der Waals surface area contributed by atoms with Gasteiger partial charge in [0.05, 0.1) is 24.0 Å². The molecule has 168 valence electrons. The van der Waals surface area contributed by atoms with Gasteiger partial charge in [0.15, 0.2) is 0 Å². The van der Waals surface area contributed by atoms with Gasteiger partial charge in [-0.15, -0.1) is 0 Å². The van der Waals surface area contributed by atoms with Crippen LogP contribution in [0.5, 0.6) is 0 Å².